The minimum absolute atomic E-state index is 0.249. The van der Waals surface area contributed by atoms with Gasteiger partial charge in [-0.05, 0) is 41.3 Å². The van der Waals surface area contributed by atoms with E-state index >= 15 is 0 Å². The fourth-order valence-electron chi connectivity index (χ4n) is 3.08. The van der Waals surface area contributed by atoms with Gasteiger partial charge in [0.2, 0.25) is 10.0 Å². The number of sulfonamides is 1. The van der Waals surface area contributed by atoms with Crippen LogP contribution in [0.5, 0.6) is 0 Å². The highest BCUT2D eigenvalue weighted by Gasteiger charge is 2.19. The second-order valence-electron chi connectivity index (χ2n) is 6.91. The molecule has 9 heteroatoms. The van der Waals surface area contributed by atoms with Gasteiger partial charge in [0, 0.05) is 18.4 Å². The number of nitrogens with zero attached hydrogens (tertiary/aromatic N) is 2. The quantitative estimate of drug-likeness (QED) is 0.445. The maximum absolute atomic E-state index is 13.0. The normalized spacial score (nSPS) is 11.3. The number of nitrogens with one attached hydrogen (secondary N) is 2. The Morgan fingerprint density at radius 1 is 1.06 bits per heavy atom. The molecule has 4 rings (SSSR count). The summed E-state index contributed by atoms with van der Waals surface area (Å²) >= 11 is 1.52. The molecule has 0 aliphatic rings. The molecule has 0 saturated heterocycles. The van der Waals surface area contributed by atoms with E-state index in [0.717, 1.165) is 22.4 Å². The monoisotopic (exact) mass is 452 g/mol. The standard InChI is InChI=1S/C22H20N4O3S2/c1-31(28,29)25-17-8-5-7-16(13-17)14-23-22(27)19-15-26(18-9-3-2-4-10-18)24-21(19)20-11-6-12-30-20/h2-13,15,25H,14H2,1H3,(H,23,27). The van der Waals surface area contributed by atoms with Crippen molar-refractivity contribution in [1.82, 2.24) is 15.1 Å². The lowest BCUT2D eigenvalue weighted by atomic mass is 10.1. The first-order valence-electron chi connectivity index (χ1n) is 9.43. The number of hydrogen-bond donors (Lipinski definition) is 2. The van der Waals surface area contributed by atoms with E-state index in [1.807, 2.05) is 53.9 Å². The van der Waals surface area contributed by atoms with Crippen LogP contribution >= 0.6 is 11.3 Å². The van der Waals surface area contributed by atoms with Gasteiger partial charge in [-0.2, -0.15) is 5.10 Å². The first-order chi connectivity index (χ1) is 14.9. The van der Waals surface area contributed by atoms with Crippen LogP contribution in [0.2, 0.25) is 0 Å². The fraction of sp³-hybridized carbons (Fsp3) is 0.0909. The summed E-state index contributed by atoms with van der Waals surface area (Å²) in [7, 11) is -3.37. The Morgan fingerprint density at radius 2 is 1.87 bits per heavy atom. The van der Waals surface area contributed by atoms with Crippen LogP contribution in [0.15, 0.2) is 78.3 Å². The summed E-state index contributed by atoms with van der Waals surface area (Å²) in [5, 5.41) is 9.49. The Balaban J connectivity index is 1.57. The van der Waals surface area contributed by atoms with E-state index < -0.39 is 10.0 Å². The van der Waals surface area contributed by atoms with Crippen LogP contribution in [0.4, 0.5) is 5.69 Å². The summed E-state index contributed by atoms with van der Waals surface area (Å²) < 4.78 is 27.0. The molecule has 2 heterocycles. The van der Waals surface area contributed by atoms with Gasteiger partial charge in [0.1, 0.15) is 5.69 Å². The van der Waals surface area contributed by atoms with Crippen molar-refractivity contribution in [3.05, 3.63) is 89.4 Å². The van der Waals surface area contributed by atoms with Crippen molar-refractivity contribution in [2.45, 2.75) is 6.54 Å². The number of hydrogen-bond acceptors (Lipinski definition) is 5. The van der Waals surface area contributed by atoms with E-state index in [1.165, 1.54) is 11.3 Å². The van der Waals surface area contributed by atoms with Crippen LogP contribution in [0.3, 0.4) is 0 Å². The highest BCUT2D eigenvalue weighted by molar-refractivity contribution is 7.92. The smallest absolute Gasteiger partial charge is 0.255 e. The number of amides is 1. The molecule has 7 nitrogen and oxygen atoms in total. The lowest BCUT2D eigenvalue weighted by molar-refractivity contribution is 0.0951. The molecular formula is C22H20N4O3S2. The van der Waals surface area contributed by atoms with Gasteiger partial charge in [0.05, 0.1) is 22.4 Å². The zero-order valence-corrected chi connectivity index (χ0v) is 18.3. The Bertz CT molecular complexity index is 1300. The van der Waals surface area contributed by atoms with Crippen molar-refractivity contribution >= 4 is 33.0 Å². The Hall–Kier alpha value is -3.43. The third-order valence-electron chi connectivity index (χ3n) is 4.42. The minimum Gasteiger partial charge on any atom is -0.348 e. The number of carbonyl (C=O) groups is 1. The average molecular weight is 453 g/mol. The first kappa shape index (κ1) is 20.8. The number of rotatable bonds is 7. The van der Waals surface area contributed by atoms with E-state index in [2.05, 4.69) is 15.1 Å². The van der Waals surface area contributed by atoms with Crippen LogP contribution in [0.1, 0.15) is 15.9 Å². The second kappa shape index (κ2) is 8.75. The second-order valence-corrected chi connectivity index (χ2v) is 9.60. The Morgan fingerprint density at radius 3 is 2.58 bits per heavy atom. The predicted molar refractivity (Wildman–Crippen MR) is 123 cm³/mol. The maximum Gasteiger partial charge on any atom is 0.255 e. The van der Waals surface area contributed by atoms with Crippen LogP contribution in [0, 0.1) is 0 Å². The minimum atomic E-state index is -3.37. The van der Waals surface area contributed by atoms with Crippen LogP contribution in [-0.4, -0.2) is 30.4 Å². The summed E-state index contributed by atoms with van der Waals surface area (Å²) in [6, 6.07) is 20.4. The van der Waals surface area contributed by atoms with Gasteiger partial charge < -0.3 is 5.32 Å². The summed E-state index contributed by atoms with van der Waals surface area (Å²) in [5.74, 6) is -0.257. The number of carbonyl (C=O) groups excluding carboxylic acids is 1. The first-order valence-corrected chi connectivity index (χ1v) is 12.2. The summed E-state index contributed by atoms with van der Waals surface area (Å²) in [4.78, 5) is 13.9. The molecule has 0 saturated carbocycles. The number of aromatic nitrogens is 2. The van der Waals surface area contributed by atoms with E-state index in [0.29, 0.717) is 16.9 Å². The van der Waals surface area contributed by atoms with Gasteiger partial charge in [-0.1, -0.05) is 36.4 Å². The lowest BCUT2D eigenvalue weighted by Gasteiger charge is -2.08. The maximum atomic E-state index is 13.0. The average Bonchev–Trinajstić information content (AvgIpc) is 3.41. The summed E-state index contributed by atoms with van der Waals surface area (Å²) in [6.07, 6.45) is 2.82. The number of benzene rings is 2. The van der Waals surface area contributed by atoms with E-state index in [4.69, 9.17) is 0 Å². The molecule has 0 aliphatic heterocycles. The van der Waals surface area contributed by atoms with Crippen molar-refractivity contribution < 1.29 is 13.2 Å². The molecule has 0 radical (unpaired) electrons. The molecule has 0 spiro atoms. The van der Waals surface area contributed by atoms with Crippen LogP contribution in [-0.2, 0) is 16.6 Å². The van der Waals surface area contributed by atoms with Crippen LogP contribution in [0.25, 0.3) is 16.3 Å². The van der Waals surface area contributed by atoms with Crippen molar-refractivity contribution in [3.63, 3.8) is 0 Å². The van der Waals surface area contributed by atoms with Gasteiger partial charge in [-0.15, -0.1) is 11.3 Å². The lowest BCUT2D eigenvalue weighted by Crippen LogP contribution is -2.23. The van der Waals surface area contributed by atoms with Gasteiger partial charge >= 0.3 is 0 Å². The molecule has 2 aromatic carbocycles. The third-order valence-corrected chi connectivity index (χ3v) is 5.90. The van der Waals surface area contributed by atoms with E-state index in [-0.39, 0.29) is 12.5 Å². The fourth-order valence-corrected chi connectivity index (χ4v) is 4.36. The molecule has 1 amide bonds. The van der Waals surface area contributed by atoms with Crippen molar-refractivity contribution in [3.8, 4) is 16.3 Å². The van der Waals surface area contributed by atoms with Crippen LogP contribution < -0.4 is 10.0 Å². The molecule has 0 fully saturated rings. The van der Waals surface area contributed by atoms with Crippen molar-refractivity contribution in [1.29, 1.82) is 0 Å². The zero-order chi connectivity index (χ0) is 21.8. The molecule has 0 aliphatic carbocycles. The number of anilines is 1. The SMILES string of the molecule is CS(=O)(=O)Nc1cccc(CNC(=O)c2cn(-c3ccccc3)nc2-c2cccs2)c1. The van der Waals surface area contributed by atoms with Gasteiger partial charge in [-0.25, -0.2) is 13.1 Å². The van der Waals surface area contributed by atoms with E-state index in [9.17, 15) is 13.2 Å². The van der Waals surface area contributed by atoms with Gasteiger partial charge in [-0.3, -0.25) is 9.52 Å². The molecular weight excluding hydrogens is 432 g/mol. The number of thiophene rings is 1. The third kappa shape index (κ3) is 5.19. The predicted octanol–water partition coefficient (Wildman–Crippen LogP) is 3.90. The molecule has 0 atom stereocenters. The van der Waals surface area contributed by atoms with Gasteiger partial charge in [0.15, 0.2) is 0 Å². The Kier molecular flexibility index (Phi) is 5.88. The van der Waals surface area contributed by atoms with Gasteiger partial charge in [0.25, 0.3) is 5.91 Å². The number of para-hydroxylation sites is 1. The highest BCUT2D eigenvalue weighted by Crippen LogP contribution is 2.28. The molecule has 158 valence electrons. The molecule has 0 bridgehead atoms. The largest absolute Gasteiger partial charge is 0.348 e. The topological polar surface area (TPSA) is 93.1 Å². The molecule has 31 heavy (non-hydrogen) atoms. The van der Waals surface area contributed by atoms with Crippen molar-refractivity contribution in [2.75, 3.05) is 11.0 Å². The zero-order valence-electron chi connectivity index (χ0n) is 16.6. The Labute approximate surface area is 184 Å². The molecule has 2 N–H and O–H groups in total. The summed E-state index contributed by atoms with van der Waals surface area (Å²) in [5.41, 5.74) is 3.17. The summed E-state index contributed by atoms with van der Waals surface area (Å²) in [6.45, 7) is 0.249. The highest BCUT2D eigenvalue weighted by atomic mass is 32.2. The molecule has 2 aromatic heterocycles. The molecule has 4 aromatic rings. The van der Waals surface area contributed by atoms with Crippen molar-refractivity contribution in [2.24, 2.45) is 0 Å². The van der Waals surface area contributed by atoms with E-state index in [1.54, 1.807) is 29.1 Å². The molecule has 0 unspecified atom stereocenters.